The second kappa shape index (κ2) is 8.14. The van der Waals surface area contributed by atoms with Crippen LogP contribution in [0, 0.1) is 11.8 Å². The standard InChI is InChI=1S/C28H38S/c1-6-21-15-22(7-2)26(25-11-18(3)10-19(4)12-25)16-24(21)13-20-8-9-23-17-28(5,29)27(23)14-20/h8-9,14-16,18-19,25,29H,6-7,10-13,17H2,1-5H3. The summed E-state index contributed by atoms with van der Waals surface area (Å²) >= 11 is 4.86. The molecule has 2 aliphatic carbocycles. The molecule has 0 nitrogen and oxygen atoms in total. The van der Waals surface area contributed by atoms with Crippen molar-refractivity contribution in [2.24, 2.45) is 11.8 Å². The summed E-state index contributed by atoms with van der Waals surface area (Å²) in [5, 5.41) is 0. The lowest BCUT2D eigenvalue weighted by molar-refractivity contribution is 0.267. The average molecular weight is 407 g/mol. The SMILES string of the molecule is CCc1cc(CC)c(C2CC(C)CC(C)C2)cc1Cc1ccc2c(c1)C(C)(S)C2. The Bertz CT molecular complexity index is 881. The normalized spacial score (nSPS) is 28.7. The molecule has 0 bridgehead atoms. The van der Waals surface area contributed by atoms with E-state index in [1.54, 1.807) is 22.3 Å². The molecular weight excluding hydrogens is 368 g/mol. The van der Waals surface area contributed by atoms with E-state index >= 15 is 0 Å². The molecule has 0 radical (unpaired) electrons. The van der Waals surface area contributed by atoms with E-state index < -0.39 is 0 Å². The van der Waals surface area contributed by atoms with E-state index in [0.717, 1.165) is 43.4 Å². The molecule has 0 amide bonds. The first-order valence-corrected chi connectivity index (χ1v) is 12.2. The van der Waals surface area contributed by atoms with Crippen LogP contribution in [0.4, 0.5) is 0 Å². The van der Waals surface area contributed by atoms with E-state index in [-0.39, 0.29) is 4.75 Å². The van der Waals surface area contributed by atoms with E-state index in [0.29, 0.717) is 0 Å². The maximum absolute atomic E-state index is 4.86. The van der Waals surface area contributed by atoms with Gasteiger partial charge in [0.15, 0.2) is 0 Å². The molecule has 3 atom stereocenters. The van der Waals surface area contributed by atoms with Crippen molar-refractivity contribution in [3.05, 3.63) is 69.3 Å². The zero-order valence-electron chi connectivity index (χ0n) is 19.0. The van der Waals surface area contributed by atoms with Gasteiger partial charge in [-0.1, -0.05) is 58.0 Å². The van der Waals surface area contributed by atoms with Gasteiger partial charge in [0.05, 0.1) is 0 Å². The molecule has 1 heteroatoms. The molecule has 1 saturated carbocycles. The first kappa shape index (κ1) is 21.0. The molecule has 3 unspecified atom stereocenters. The predicted molar refractivity (Wildman–Crippen MR) is 129 cm³/mol. The summed E-state index contributed by atoms with van der Waals surface area (Å²) in [5.41, 5.74) is 10.7. The van der Waals surface area contributed by atoms with Crippen LogP contribution < -0.4 is 0 Å². The number of hydrogen-bond acceptors (Lipinski definition) is 1. The predicted octanol–water partition coefficient (Wildman–Crippen LogP) is 7.64. The summed E-state index contributed by atoms with van der Waals surface area (Å²) in [6, 6.07) is 12.2. The highest BCUT2D eigenvalue weighted by Gasteiger charge is 2.35. The molecule has 156 valence electrons. The van der Waals surface area contributed by atoms with Crippen molar-refractivity contribution in [1.82, 2.24) is 0 Å². The van der Waals surface area contributed by atoms with Crippen molar-refractivity contribution in [3.8, 4) is 0 Å². The molecule has 4 rings (SSSR count). The van der Waals surface area contributed by atoms with Crippen molar-refractivity contribution >= 4 is 12.6 Å². The Balaban J connectivity index is 1.69. The molecule has 0 spiro atoms. The monoisotopic (exact) mass is 406 g/mol. The molecule has 1 fully saturated rings. The molecule has 0 saturated heterocycles. The summed E-state index contributed by atoms with van der Waals surface area (Å²) in [7, 11) is 0. The highest BCUT2D eigenvalue weighted by atomic mass is 32.1. The van der Waals surface area contributed by atoms with Crippen LogP contribution in [0.15, 0.2) is 30.3 Å². The largest absolute Gasteiger partial charge is 0.168 e. The Kier molecular flexibility index (Phi) is 5.90. The summed E-state index contributed by atoms with van der Waals surface area (Å²) in [6.45, 7) is 11.8. The Morgan fingerprint density at radius 2 is 1.59 bits per heavy atom. The molecule has 29 heavy (non-hydrogen) atoms. The van der Waals surface area contributed by atoms with Gasteiger partial charge in [-0.2, -0.15) is 12.6 Å². The van der Waals surface area contributed by atoms with Crippen molar-refractivity contribution in [3.63, 3.8) is 0 Å². The van der Waals surface area contributed by atoms with Crippen LogP contribution in [0.1, 0.15) is 98.7 Å². The Morgan fingerprint density at radius 3 is 2.21 bits per heavy atom. The number of aryl methyl sites for hydroxylation is 2. The quantitative estimate of drug-likeness (QED) is 0.484. The van der Waals surface area contributed by atoms with E-state index in [1.807, 2.05) is 0 Å². The summed E-state index contributed by atoms with van der Waals surface area (Å²) in [6.07, 6.45) is 8.54. The molecular formula is C28H38S. The molecule has 0 N–H and O–H groups in total. The van der Waals surface area contributed by atoms with Crippen LogP contribution in [-0.4, -0.2) is 0 Å². The molecule has 0 heterocycles. The second-order valence-electron chi connectivity index (χ2n) is 10.3. The highest BCUT2D eigenvalue weighted by Crippen LogP contribution is 2.45. The van der Waals surface area contributed by atoms with Crippen LogP contribution in [0.25, 0.3) is 0 Å². The number of fused-ring (bicyclic) bond motifs is 1. The van der Waals surface area contributed by atoms with Gasteiger partial charge >= 0.3 is 0 Å². The maximum atomic E-state index is 4.86. The minimum atomic E-state index is 0.0601. The van der Waals surface area contributed by atoms with Gasteiger partial charge in [0.2, 0.25) is 0 Å². The minimum Gasteiger partial charge on any atom is -0.168 e. The summed E-state index contributed by atoms with van der Waals surface area (Å²) in [4.78, 5) is 0. The van der Waals surface area contributed by atoms with Gasteiger partial charge in [0.25, 0.3) is 0 Å². The second-order valence-corrected chi connectivity index (χ2v) is 11.2. The summed E-state index contributed by atoms with van der Waals surface area (Å²) in [5.74, 6) is 2.44. The zero-order valence-corrected chi connectivity index (χ0v) is 19.9. The van der Waals surface area contributed by atoms with Crippen molar-refractivity contribution < 1.29 is 0 Å². The zero-order chi connectivity index (χ0) is 20.8. The first-order valence-electron chi connectivity index (χ1n) is 11.8. The third-order valence-electron chi connectivity index (χ3n) is 7.53. The fourth-order valence-electron chi connectivity index (χ4n) is 6.11. The fraction of sp³-hybridized carbons (Fsp3) is 0.571. The van der Waals surface area contributed by atoms with Crippen LogP contribution in [0.2, 0.25) is 0 Å². The van der Waals surface area contributed by atoms with Gasteiger partial charge in [-0.15, -0.1) is 0 Å². The van der Waals surface area contributed by atoms with Crippen LogP contribution in [0.5, 0.6) is 0 Å². The molecule has 0 aliphatic heterocycles. The number of benzene rings is 2. The Morgan fingerprint density at radius 1 is 0.897 bits per heavy atom. The lowest BCUT2D eigenvalue weighted by atomic mass is 9.72. The van der Waals surface area contributed by atoms with E-state index in [2.05, 4.69) is 65.0 Å². The fourth-order valence-corrected chi connectivity index (χ4v) is 6.49. The van der Waals surface area contributed by atoms with Gasteiger partial charge in [0, 0.05) is 4.75 Å². The lowest BCUT2D eigenvalue weighted by Gasteiger charge is -2.37. The topological polar surface area (TPSA) is 0 Å². The Hall–Kier alpha value is -1.21. The third kappa shape index (κ3) is 4.18. The van der Waals surface area contributed by atoms with Crippen molar-refractivity contribution in [2.75, 3.05) is 0 Å². The van der Waals surface area contributed by atoms with Gasteiger partial charge < -0.3 is 0 Å². The van der Waals surface area contributed by atoms with E-state index in [9.17, 15) is 0 Å². The van der Waals surface area contributed by atoms with Crippen LogP contribution in [0.3, 0.4) is 0 Å². The van der Waals surface area contributed by atoms with Gasteiger partial charge in [0.1, 0.15) is 0 Å². The van der Waals surface area contributed by atoms with Crippen molar-refractivity contribution in [2.45, 2.75) is 90.2 Å². The molecule has 2 aliphatic rings. The molecule has 0 aromatic heterocycles. The third-order valence-corrected chi connectivity index (χ3v) is 7.92. The van der Waals surface area contributed by atoms with Crippen LogP contribution in [-0.2, 0) is 30.4 Å². The highest BCUT2D eigenvalue weighted by molar-refractivity contribution is 7.81. The van der Waals surface area contributed by atoms with E-state index in [4.69, 9.17) is 12.6 Å². The average Bonchev–Trinajstić information content (AvgIpc) is 2.67. The Labute approximate surface area is 183 Å². The minimum absolute atomic E-state index is 0.0601. The number of hydrogen-bond donors (Lipinski definition) is 1. The first-order chi connectivity index (χ1) is 13.8. The molecule has 2 aromatic rings. The van der Waals surface area contributed by atoms with Gasteiger partial charge in [-0.3, -0.25) is 0 Å². The van der Waals surface area contributed by atoms with Gasteiger partial charge in [-0.05, 0) is 109 Å². The summed E-state index contributed by atoms with van der Waals surface area (Å²) < 4.78 is 0.0601. The molecule has 2 aromatic carbocycles. The lowest BCUT2D eigenvalue weighted by Crippen LogP contribution is -2.30. The number of rotatable bonds is 5. The van der Waals surface area contributed by atoms with Gasteiger partial charge in [-0.25, -0.2) is 0 Å². The van der Waals surface area contributed by atoms with E-state index in [1.165, 1.54) is 36.0 Å². The number of thiol groups is 1. The van der Waals surface area contributed by atoms with Crippen molar-refractivity contribution in [1.29, 1.82) is 0 Å². The smallest absolute Gasteiger partial charge is 0.0393 e. The maximum Gasteiger partial charge on any atom is 0.0393 e. The van der Waals surface area contributed by atoms with Crippen LogP contribution >= 0.6 is 12.6 Å².